The van der Waals surface area contributed by atoms with Crippen LogP contribution in [0.25, 0.3) is 0 Å². The van der Waals surface area contributed by atoms with Crippen LogP contribution in [0.1, 0.15) is 53.0 Å². The first-order valence-electron chi connectivity index (χ1n) is 13.3. The number of phenols is 1. The van der Waals surface area contributed by atoms with Crippen LogP contribution in [-0.4, -0.2) is 90.1 Å². The van der Waals surface area contributed by atoms with Crippen LogP contribution < -0.4 is 10.1 Å². The molecule has 13 nitrogen and oxygen atoms in total. The SMILES string of the molecule is CCN(CC)C(=O)Oc1ccc(C[C@@H](C(=O)N[C@@H](CCC(=O)OC)C(=O)OC)N2C(=O)c3ccccc3C2=O)cc1O. The molecular formula is C29H33N3O10. The highest BCUT2D eigenvalue weighted by atomic mass is 16.6. The Labute approximate surface area is 242 Å². The molecule has 0 unspecified atom stereocenters. The number of nitrogens with one attached hydrogen (secondary N) is 1. The maximum absolute atomic E-state index is 13.6. The quantitative estimate of drug-likeness (QED) is 0.279. The number of imide groups is 1. The summed E-state index contributed by atoms with van der Waals surface area (Å²) in [5, 5.41) is 13.1. The van der Waals surface area contributed by atoms with Crippen LogP contribution in [-0.2, 0) is 30.3 Å². The summed E-state index contributed by atoms with van der Waals surface area (Å²) >= 11 is 0. The van der Waals surface area contributed by atoms with Crippen molar-refractivity contribution in [2.45, 2.75) is 45.2 Å². The molecule has 4 amide bonds. The number of nitrogens with zero attached hydrogens (tertiary/aromatic N) is 2. The highest BCUT2D eigenvalue weighted by Crippen LogP contribution is 2.30. The van der Waals surface area contributed by atoms with E-state index < -0.39 is 53.6 Å². The highest BCUT2D eigenvalue weighted by molar-refractivity contribution is 6.23. The summed E-state index contributed by atoms with van der Waals surface area (Å²) in [6.45, 7) is 4.35. The third-order valence-corrected chi connectivity index (χ3v) is 6.78. The Morgan fingerprint density at radius 3 is 2.10 bits per heavy atom. The molecule has 1 aliphatic rings. The summed E-state index contributed by atoms with van der Waals surface area (Å²) in [4.78, 5) is 78.8. The molecule has 2 aromatic carbocycles. The molecule has 0 spiro atoms. The van der Waals surface area contributed by atoms with Gasteiger partial charge in [0.05, 0.1) is 25.3 Å². The summed E-state index contributed by atoms with van der Waals surface area (Å²) in [7, 11) is 2.29. The number of fused-ring (bicyclic) bond motifs is 1. The van der Waals surface area contributed by atoms with Crippen molar-refractivity contribution in [3.63, 3.8) is 0 Å². The zero-order chi connectivity index (χ0) is 31.0. The highest BCUT2D eigenvalue weighted by Gasteiger charge is 2.43. The van der Waals surface area contributed by atoms with Gasteiger partial charge in [-0.1, -0.05) is 18.2 Å². The Morgan fingerprint density at radius 1 is 0.952 bits per heavy atom. The number of hydrogen-bond acceptors (Lipinski definition) is 10. The van der Waals surface area contributed by atoms with Crippen molar-refractivity contribution >= 4 is 35.8 Å². The minimum Gasteiger partial charge on any atom is -0.504 e. The Kier molecular flexibility index (Phi) is 10.6. The van der Waals surface area contributed by atoms with Gasteiger partial charge >= 0.3 is 18.0 Å². The van der Waals surface area contributed by atoms with E-state index in [1.165, 1.54) is 42.3 Å². The third-order valence-electron chi connectivity index (χ3n) is 6.78. The number of ether oxygens (including phenoxy) is 3. The van der Waals surface area contributed by atoms with Crippen LogP contribution in [0.3, 0.4) is 0 Å². The zero-order valence-corrected chi connectivity index (χ0v) is 23.7. The van der Waals surface area contributed by atoms with Crippen molar-refractivity contribution in [3.8, 4) is 11.5 Å². The molecular weight excluding hydrogens is 550 g/mol. The summed E-state index contributed by atoms with van der Waals surface area (Å²) in [5.74, 6) is -4.28. The summed E-state index contributed by atoms with van der Waals surface area (Å²) < 4.78 is 14.6. The van der Waals surface area contributed by atoms with Gasteiger partial charge < -0.3 is 29.5 Å². The number of methoxy groups -OCH3 is 2. The van der Waals surface area contributed by atoms with Crippen LogP contribution in [0.2, 0.25) is 0 Å². The predicted octanol–water partition coefficient (Wildman–Crippen LogP) is 2.05. The van der Waals surface area contributed by atoms with Gasteiger partial charge in [-0.3, -0.25) is 24.1 Å². The molecule has 0 aromatic heterocycles. The van der Waals surface area contributed by atoms with Gasteiger partial charge in [0.1, 0.15) is 12.1 Å². The summed E-state index contributed by atoms with van der Waals surface area (Å²) in [6, 6.07) is 7.39. The molecule has 0 fully saturated rings. The van der Waals surface area contributed by atoms with Crippen molar-refractivity contribution in [1.29, 1.82) is 0 Å². The number of hydrogen-bond donors (Lipinski definition) is 2. The topological polar surface area (TPSA) is 169 Å². The molecule has 0 radical (unpaired) electrons. The minimum absolute atomic E-state index is 0.108. The molecule has 1 heterocycles. The van der Waals surface area contributed by atoms with Crippen molar-refractivity contribution in [1.82, 2.24) is 15.1 Å². The molecule has 0 saturated carbocycles. The average Bonchev–Trinajstić information content (AvgIpc) is 3.24. The van der Waals surface area contributed by atoms with Gasteiger partial charge in [0.25, 0.3) is 11.8 Å². The van der Waals surface area contributed by atoms with Crippen molar-refractivity contribution < 1.29 is 48.1 Å². The number of phenolic OH excluding ortho intramolecular Hbond substituents is 1. The molecule has 2 aromatic rings. The smallest absolute Gasteiger partial charge is 0.415 e. The van der Waals surface area contributed by atoms with Gasteiger partial charge in [0.2, 0.25) is 5.91 Å². The van der Waals surface area contributed by atoms with Crippen LogP contribution in [0.5, 0.6) is 11.5 Å². The van der Waals surface area contributed by atoms with E-state index in [1.807, 2.05) is 0 Å². The Hall–Kier alpha value is -4.94. The molecule has 42 heavy (non-hydrogen) atoms. The van der Waals surface area contributed by atoms with E-state index in [-0.39, 0.29) is 36.1 Å². The molecule has 3 rings (SSSR count). The molecule has 0 bridgehead atoms. The Balaban J connectivity index is 1.93. The van der Waals surface area contributed by atoms with Crippen molar-refractivity contribution in [2.24, 2.45) is 0 Å². The summed E-state index contributed by atoms with van der Waals surface area (Å²) in [5.41, 5.74) is 0.532. The predicted molar refractivity (Wildman–Crippen MR) is 147 cm³/mol. The van der Waals surface area contributed by atoms with E-state index in [0.717, 1.165) is 12.0 Å². The molecule has 13 heteroatoms. The lowest BCUT2D eigenvalue weighted by atomic mass is 10.0. The van der Waals surface area contributed by atoms with Gasteiger partial charge in [-0.15, -0.1) is 0 Å². The second-order valence-electron chi connectivity index (χ2n) is 9.29. The second kappa shape index (κ2) is 14.1. The van der Waals surface area contributed by atoms with E-state index in [9.17, 15) is 33.9 Å². The lowest BCUT2D eigenvalue weighted by Crippen LogP contribution is -2.54. The monoisotopic (exact) mass is 583 g/mol. The maximum Gasteiger partial charge on any atom is 0.415 e. The number of rotatable bonds is 12. The van der Waals surface area contributed by atoms with Crippen LogP contribution in [0.15, 0.2) is 42.5 Å². The fourth-order valence-corrected chi connectivity index (χ4v) is 4.46. The van der Waals surface area contributed by atoms with Gasteiger partial charge in [-0.25, -0.2) is 9.59 Å². The summed E-state index contributed by atoms with van der Waals surface area (Å²) in [6.07, 6.45) is -1.30. The molecule has 2 N–H and O–H groups in total. The van der Waals surface area contributed by atoms with Crippen molar-refractivity contribution in [3.05, 3.63) is 59.2 Å². The van der Waals surface area contributed by atoms with E-state index in [1.54, 1.807) is 26.0 Å². The van der Waals surface area contributed by atoms with E-state index >= 15 is 0 Å². The largest absolute Gasteiger partial charge is 0.504 e. The van der Waals surface area contributed by atoms with Gasteiger partial charge in [-0.05, 0) is 50.1 Å². The number of aromatic hydroxyl groups is 1. The van der Waals surface area contributed by atoms with Crippen LogP contribution in [0, 0.1) is 0 Å². The molecule has 0 saturated heterocycles. The Bertz CT molecular complexity index is 1340. The van der Waals surface area contributed by atoms with Crippen LogP contribution >= 0.6 is 0 Å². The fraction of sp³-hybridized carbons (Fsp3) is 0.379. The van der Waals surface area contributed by atoms with E-state index in [0.29, 0.717) is 18.7 Å². The molecule has 2 atom stereocenters. The number of carbonyl (C=O) groups is 6. The lowest BCUT2D eigenvalue weighted by Gasteiger charge is -2.27. The standard InChI is InChI=1S/C29H33N3O10/c1-5-31(6-2)29(39)42-23-13-11-17(16-22(23)33)15-21(32-26(36)18-9-7-8-10-19(18)27(32)37)25(35)30-20(28(38)41-4)12-14-24(34)40-3/h7-11,13,16,20-21,33H,5-6,12,14-15H2,1-4H3,(H,30,35)/t20-,21-/m0/s1. The first kappa shape index (κ1) is 31.6. The number of amides is 4. The first-order chi connectivity index (χ1) is 20.1. The van der Waals surface area contributed by atoms with Gasteiger partial charge in [0, 0.05) is 25.9 Å². The molecule has 0 aliphatic carbocycles. The van der Waals surface area contributed by atoms with E-state index in [2.05, 4.69) is 10.1 Å². The van der Waals surface area contributed by atoms with Crippen molar-refractivity contribution in [2.75, 3.05) is 27.3 Å². The lowest BCUT2D eigenvalue weighted by molar-refractivity contribution is -0.146. The third kappa shape index (κ3) is 7.03. The number of carbonyl (C=O) groups excluding carboxylic acids is 6. The first-order valence-corrected chi connectivity index (χ1v) is 13.3. The van der Waals surface area contributed by atoms with Gasteiger partial charge in [0.15, 0.2) is 11.5 Å². The van der Waals surface area contributed by atoms with E-state index in [4.69, 9.17) is 9.47 Å². The van der Waals surface area contributed by atoms with Crippen LogP contribution in [0.4, 0.5) is 4.79 Å². The number of esters is 2. The second-order valence-corrected chi connectivity index (χ2v) is 9.29. The Morgan fingerprint density at radius 2 is 1.57 bits per heavy atom. The number of benzene rings is 2. The molecule has 1 aliphatic heterocycles. The normalized spacial score (nSPS) is 13.6. The molecule has 224 valence electrons. The average molecular weight is 584 g/mol. The van der Waals surface area contributed by atoms with Gasteiger partial charge in [-0.2, -0.15) is 0 Å². The maximum atomic E-state index is 13.6. The fourth-order valence-electron chi connectivity index (χ4n) is 4.46. The zero-order valence-electron chi connectivity index (χ0n) is 23.7. The minimum atomic E-state index is -1.47.